The first-order valence-electron chi connectivity index (χ1n) is 11.6. The molecule has 0 amide bonds. The van der Waals surface area contributed by atoms with Gasteiger partial charge in [0.25, 0.3) is 0 Å². The smallest absolute Gasteiger partial charge is 0.140 e. The van der Waals surface area contributed by atoms with Gasteiger partial charge in [-0.1, -0.05) is 140 Å². The quantitative estimate of drug-likeness (QED) is 0.350. The predicted molar refractivity (Wildman–Crippen MR) is 145 cm³/mol. The van der Waals surface area contributed by atoms with E-state index in [1.54, 1.807) is 0 Å². The maximum atomic E-state index is 12.6. The van der Waals surface area contributed by atoms with Crippen molar-refractivity contribution in [3.63, 3.8) is 0 Å². The minimum atomic E-state index is -2.19. The van der Waals surface area contributed by atoms with Gasteiger partial charge in [0, 0.05) is 5.20 Å². The fourth-order valence-electron chi connectivity index (χ4n) is 3.39. The summed E-state index contributed by atoms with van der Waals surface area (Å²) in [6, 6.07) is 20.1. The molecule has 1 N–H and O–H groups in total. The molecule has 0 unspecified atom stereocenters. The third kappa shape index (κ3) is 5.20. The summed E-state index contributed by atoms with van der Waals surface area (Å²) in [4.78, 5) is 0. The Morgan fingerprint density at radius 1 is 0.719 bits per heavy atom. The van der Waals surface area contributed by atoms with Crippen LogP contribution in [0.15, 0.2) is 83.0 Å². The summed E-state index contributed by atoms with van der Waals surface area (Å²) in [5.41, 5.74) is 9.84. The van der Waals surface area contributed by atoms with Gasteiger partial charge in [-0.15, -0.1) is 0 Å². The monoisotopic (exact) mass is 462 g/mol. The Bertz CT molecular complexity index is 967. The second-order valence-electron chi connectivity index (χ2n) is 12.1. The lowest BCUT2D eigenvalue weighted by atomic mass is 9.86. The molecule has 0 heterocycles. The highest BCUT2D eigenvalue weighted by atomic mass is 28.3. The van der Waals surface area contributed by atoms with Crippen LogP contribution in [0.3, 0.4) is 0 Å². The topological polar surface area (TPSA) is 20.2 Å². The average Bonchev–Trinajstić information content (AvgIpc) is 2.70. The predicted octanol–water partition coefficient (Wildman–Crippen LogP) is 8.25. The molecule has 0 spiro atoms. The zero-order chi connectivity index (χ0) is 24.4. The molecule has 0 aromatic heterocycles. The van der Waals surface area contributed by atoms with Crippen LogP contribution in [0.25, 0.3) is 0 Å². The highest BCUT2D eigenvalue weighted by Gasteiger charge is 2.49. The minimum Gasteiger partial charge on any atom is -0.376 e. The number of hydrogen-bond acceptors (Lipinski definition) is 1. The Hall–Kier alpha value is -1.87. The van der Waals surface area contributed by atoms with E-state index >= 15 is 0 Å². The molecule has 2 aromatic carbocycles. The summed E-state index contributed by atoms with van der Waals surface area (Å²) in [5.74, 6) is 0. The Labute approximate surface area is 198 Å². The maximum Gasteiger partial charge on any atom is 0.140 e. The highest BCUT2D eigenvalue weighted by molar-refractivity contribution is 6.87. The van der Waals surface area contributed by atoms with E-state index in [9.17, 15) is 5.11 Å². The summed E-state index contributed by atoms with van der Waals surface area (Å²) in [6.07, 6.45) is 0. The normalized spacial score (nSPS) is 13.2. The number of rotatable bonds is 5. The minimum absolute atomic E-state index is 0.0333. The van der Waals surface area contributed by atoms with E-state index in [0.717, 1.165) is 16.3 Å². The Morgan fingerprint density at radius 2 is 1.12 bits per heavy atom. The van der Waals surface area contributed by atoms with Crippen molar-refractivity contribution in [3.05, 3.63) is 94.1 Å². The van der Waals surface area contributed by atoms with Crippen LogP contribution >= 0.6 is 0 Å². The van der Waals surface area contributed by atoms with Crippen LogP contribution in [0, 0.1) is 0 Å². The third-order valence-corrected chi connectivity index (χ3v) is 18.0. The zero-order valence-electron chi connectivity index (χ0n) is 21.8. The van der Waals surface area contributed by atoms with Crippen molar-refractivity contribution < 1.29 is 5.11 Å². The number of benzene rings is 2. The molecule has 0 aliphatic carbocycles. The molecule has 0 atom stereocenters. The van der Waals surface area contributed by atoms with Crippen LogP contribution in [-0.4, -0.2) is 21.3 Å². The first kappa shape index (κ1) is 26.4. The van der Waals surface area contributed by atoms with Gasteiger partial charge in [-0.05, 0) is 26.9 Å². The van der Waals surface area contributed by atoms with Crippen molar-refractivity contribution in [1.82, 2.24) is 0 Å². The molecule has 0 aliphatic rings. The van der Waals surface area contributed by atoms with Gasteiger partial charge >= 0.3 is 0 Å². The molecule has 2 aromatic rings. The lowest BCUT2D eigenvalue weighted by Crippen LogP contribution is -2.48. The van der Waals surface area contributed by atoms with Gasteiger partial charge < -0.3 is 5.11 Å². The second kappa shape index (κ2) is 9.17. The van der Waals surface area contributed by atoms with E-state index in [0.29, 0.717) is 0 Å². The van der Waals surface area contributed by atoms with Crippen LogP contribution in [0.4, 0.5) is 0 Å². The summed E-state index contributed by atoms with van der Waals surface area (Å²) < 4.78 is 0. The SMILES string of the molecule is CC(C)(C)[Si](C)(C)C=C=C=C(C(O)(c1ccccc1)c1ccccc1)[Si](C)(C)C(C)(C)C. The van der Waals surface area contributed by atoms with Crippen molar-refractivity contribution in [2.45, 2.75) is 83.4 Å². The Kier molecular flexibility index (Phi) is 7.57. The summed E-state index contributed by atoms with van der Waals surface area (Å²) in [7, 11) is -3.86. The van der Waals surface area contributed by atoms with Crippen LogP contribution in [0.1, 0.15) is 52.7 Å². The van der Waals surface area contributed by atoms with Crippen molar-refractivity contribution >= 4 is 16.1 Å². The van der Waals surface area contributed by atoms with E-state index < -0.39 is 21.7 Å². The standard InChI is InChI=1S/C29H42OSi2/c1-27(2,3)31(7,8)23-17-22-26(32(9,10)28(4,5)6)29(30,24-18-13-11-14-19-24)25-20-15-12-16-21-25/h11-16,18-21,23,30H,1-10H3. The van der Waals surface area contributed by atoms with Gasteiger partial charge in [-0.2, -0.15) is 0 Å². The lowest BCUT2D eigenvalue weighted by Gasteiger charge is -2.45. The molecular formula is C29H42OSi2. The molecule has 0 bridgehead atoms. The van der Waals surface area contributed by atoms with Gasteiger partial charge in [0.05, 0.1) is 16.1 Å². The second-order valence-corrected chi connectivity index (χ2v) is 22.6. The largest absolute Gasteiger partial charge is 0.376 e. The molecular weight excluding hydrogens is 420 g/mol. The summed E-state index contributed by atoms with van der Waals surface area (Å²) >= 11 is 0. The molecule has 0 aliphatic heterocycles. The molecule has 0 saturated heterocycles. The summed E-state index contributed by atoms with van der Waals surface area (Å²) in [5, 5.41) is 13.8. The molecule has 1 nitrogen and oxygen atoms in total. The molecule has 0 saturated carbocycles. The van der Waals surface area contributed by atoms with Gasteiger partial charge in [0.2, 0.25) is 0 Å². The van der Waals surface area contributed by atoms with Crippen molar-refractivity contribution in [3.8, 4) is 0 Å². The van der Waals surface area contributed by atoms with E-state index in [2.05, 4.69) is 84.9 Å². The van der Waals surface area contributed by atoms with Gasteiger partial charge in [-0.3, -0.25) is 0 Å². The van der Waals surface area contributed by atoms with E-state index in [4.69, 9.17) is 0 Å². The lowest BCUT2D eigenvalue weighted by molar-refractivity contribution is 0.127. The van der Waals surface area contributed by atoms with Gasteiger partial charge in [0.1, 0.15) is 5.60 Å². The van der Waals surface area contributed by atoms with Gasteiger partial charge in [0.15, 0.2) is 0 Å². The molecule has 172 valence electrons. The van der Waals surface area contributed by atoms with Crippen molar-refractivity contribution in [2.75, 3.05) is 0 Å². The van der Waals surface area contributed by atoms with E-state index in [1.807, 2.05) is 60.7 Å². The van der Waals surface area contributed by atoms with Crippen molar-refractivity contribution in [1.29, 1.82) is 0 Å². The Morgan fingerprint density at radius 3 is 1.47 bits per heavy atom. The zero-order valence-corrected chi connectivity index (χ0v) is 23.8. The highest BCUT2D eigenvalue weighted by Crippen LogP contribution is 2.49. The third-order valence-electron chi connectivity index (χ3n) is 7.81. The number of hydrogen-bond donors (Lipinski definition) is 1. The Balaban J connectivity index is 2.98. The van der Waals surface area contributed by atoms with E-state index in [1.165, 1.54) is 0 Å². The first-order valence-corrected chi connectivity index (χ1v) is 17.7. The van der Waals surface area contributed by atoms with Crippen LogP contribution in [0.2, 0.25) is 36.3 Å². The first-order chi connectivity index (χ1) is 14.5. The molecule has 3 heteroatoms. The number of aliphatic hydroxyl groups is 1. The molecule has 2 rings (SSSR count). The molecule has 32 heavy (non-hydrogen) atoms. The van der Waals surface area contributed by atoms with Crippen LogP contribution in [-0.2, 0) is 5.60 Å². The summed E-state index contributed by atoms with van der Waals surface area (Å²) in [6.45, 7) is 23.2. The van der Waals surface area contributed by atoms with Crippen molar-refractivity contribution in [2.24, 2.45) is 0 Å². The maximum absolute atomic E-state index is 12.6. The molecule has 0 radical (unpaired) electrons. The van der Waals surface area contributed by atoms with Crippen LogP contribution in [0.5, 0.6) is 0 Å². The fourth-order valence-corrected chi connectivity index (χ4v) is 6.59. The molecule has 0 fully saturated rings. The average molecular weight is 463 g/mol. The van der Waals surface area contributed by atoms with Crippen LogP contribution < -0.4 is 0 Å². The fraction of sp³-hybridized carbons (Fsp3) is 0.448. The van der Waals surface area contributed by atoms with Gasteiger partial charge in [-0.25, -0.2) is 0 Å². The van der Waals surface area contributed by atoms with E-state index in [-0.39, 0.29) is 10.1 Å².